The van der Waals surface area contributed by atoms with E-state index in [1.54, 1.807) is 69.5 Å². The molecule has 1 unspecified atom stereocenters. The van der Waals surface area contributed by atoms with Crippen molar-refractivity contribution in [1.29, 1.82) is 0 Å². The van der Waals surface area contributed by atoms with Gasteiger partial charge in [-0.2, -0.15) is 10.2 Å². The third-order valence-electron chi connectivity index (χ3n) is 14.3. The fourth-order valence-corrected chi connectivity index (χ4v) is 13.2. The molecule has 2 saturated heterocycles. The Kier molecular flexibility index (Phi) is 13.7. The van der Waals surface area contributed by atoms with Crippen LogP contribution in [0.4, 0.5) is 8.78 Å². The number of aromatic nitrogens is 10. The minimum atomic E-state index is -0.581. The maximum atomic E-state index is 14.2. The molecule has 0 spiro atoms. The Labute approximate surface area is 448 Å². The topological polar surface area (TPSA) is 174 Å². The average Bonchev–Trinajstić information content (AvgIpc) is 4.32. The summed E-state index contributed by atoms with van der Waals surface area (Å²) in [7, 11) is 8.31. The maximum absolute atomic E-state index is 14.2. The summed E-state index contributed by atoms with van der Waals surface area (Å²) in [5, 5.41) is 10.4. The highest BCUT2D eigenvalue weighted by Crippen LogP contribution is 2.41. The van der Waals surface area contributed by atoms with Crippen LogP contribution in [0.1, 0.15) is 25.7 Å². The number of likely N-dealkylation sites (tertiary alicyclic amines) is 2. The predicted octanol–water partition coefficient (Wildman–Crippen LogP) is 8.12. The fourth-order valence-electron chi connectivity index (χ4n) is 10.3. The second-order valence-corrected chi connectivity index (χ2v) is 21.7. The SMILES string of the molecule is COc1cc(-c2cc3c(s2)c(=O)n(-c2cncc4cnn(C)c24)c(=O)n3CC2CCCN2C)c(Cl)cc1F.COc1cc(-c2cc3c(s2)c(=O)n(-c2cncc4cnn(C)c24)c(=O)n3CCN2CCCC2)c(Cl)cc1F. The number of methoxy groups -OCH3 is 2. The lowest BCUT2D eigenvalue weighted by atomic mass is 10.1. The van der Waals surface area contributed by atoms with E-state index in [2.05, 4.69) is 30.0 Å². The van der Waals surface area contributed by atoms with Gasteiger partial charge >= 0.3 is 11.4 Å². The van der Waals surface area contributed by atoms with Crippen LogP contribution in [0.5, 0.6) is 11.5 Å². The van der Waals surface area contributed by atoms with Gasteiger partial charge in [-0.3, -0.25) is 38.1 Å². The molecule has 8 aromatic heterocycles. The zero-order valence-corrected chi connectivity index (χ0v) is 44.9. The number of rotatable bonds is 11. The van der Waals surface area contributed by atoms with Crippen LogP contribution in [-0.2, 0) is 27.2 Å². The first kappa shape index (κ1) is 51.0. The van der Waals surface area contributed by atoms with Gasteiger partial charge in [-0.25, -0.2) is 27.5 Å². The second-order valence-electron chi connectivity index (χ2n) is 18.7. The van der Waals surface area contributed by atoms with Crippen LogP contribution in [0.15, 0.2) is 92.8 Å². The molecule has 0 saturated carbocycles. The van der Waals surface area contributed by atoms with E-state index >= 15 is 0 Å². The Hall–Kier alpha value is -7.08. The molecule has 0 amide bonds. The van der Waals surface area contributed by atoms with E-state index in [4.69, 9.17) is 32.7 Å². The van der Waals surface area contributed by atoms with Gasteiger partial charge in [0.2, 0.25) is 0 Å². The van der Waals surface area contributed by atoms with Crippen molar-refractivity contribution in [3.8, 4) is 43.8 Å². The van der Waals surface area contributed by atoms with Crippen molar-refractivity contribution in [3.05, 3.63) is 137 Å². The Balaban J connectivity index is 0.000000162. The van der Waals surface area contributed by atoms with Gasteiger partial charge < -0.3 is 19.3 Å². The molecule has 10 heterocycles. The summed E-state index contributed by atoms with van der Waals surface area (Å²) in [6.07, 6.45) is 13.9. The molecule has 0 aliphatic carbocycles. The van der Waals surface area contributed by atoms with Crippen molar-refractivity contribution < 1.29 is 18.3 Å². The first-order valence-corrected chi connectivity index (χ1v) is 26.6. The lowest BCUT2D eigenvalue weighted by molar-refractivity contribution is 0.281. The maximum Gasteiger partial charge on any atom is 0.336 e. The monoisotopic (exact) mass is 1110 g/mol. The van der Waals surface area contributed by atoms with Crippen LogP contribution in [0, 0.1) is 11.6 Å². The Morgan fingerprint density at radius 2 is 1.11 bits per heavy atom. The highest BCUT2D eigenvalue weighted by atomic mass is 35.5. The quantitative estimate of drug-likeness (QED) is 0.122. The van der Waals surface area contributed by atoms with E-state index in [0.29, 0.717) is 83.4 Å². The van der Waals surface area contributed by atoms with E-state index in [9.17, 15) is 28.0 Å². The summed E-state index contributed by atoms with van der Waals surface area (Å²) in [4.78, 5) is 70.3. The summed E-state index contributed by atoms with van der Waals surface area (Å²) in [5.74, 6) is -1.08. The summed E-state index contributed by atoms with van der Waals surface area (Å²) >= 11 is 15.2. The highest BCUT2D eigenvalue weighted by Gasteiger charge is 2.28. The number of fused-ring (bicyclic) bond motifs is 4. The first-order valence-electron chi connectivity index (χ1n) is 24.3. The number of halogens is 4. The number of aryl methyl sites for hydroxylation is 2. The molecule has 392 valence electrons. The molecule has 2 fully saturated rings. The van der Waals surface area contributed by atoms with Crippen molar-refractivity contribution in [2.75, 3.05) is 47.4 Å². The Morgan fingerprint density at radius 1 is 0.618 bits per heavy atom. The highest BCUT2D eigenvalue weighted by molar-refractivity contribution is 7.22. The number of ether oxygens (including phenoxy) is 2. The summed E-state index contributed by atoms with van der Waals surface area (Å²) in [6.45, 7) is 4.40. The fraction of sp³-hybridized carbons (Fsp3) is 0.308. The molecule has 2 aliphatic rings. The lowest BCUT2D eigenvalue weighted by Gasteiger charge is -2.21. The number of thiophene rings is 2. The molecule has 24 heteroatoms. The lowest BCUT2D eigenvalue weighted by Crippen LogP contribution is -2.42. The molecule has 2 aromatic carbocycles. The average molecular weight is 1110 g/mol. The molecular weight excluding hydrogens is 1060 g/mol. The molecule has 0 bridgehead atoms. The Morgan fingerprint density at radius 3 is 1.58 bits per heavy atom. The standard InChI is InChI=1S/2C26H24ClFN6O3S/c1-31-6-4-5-15(31)13-33-19-9-22(16-7-21(37-3)18(28)8-17(16)27)38-24(19)25(35)34(26(33)36)20-12-29-10-14-11-30-32(2)23(14)20;1-31-23-15(13-30-31)12-29-14-20(23)34-25(35)24-19(33(26(34)36)8-7-32-5-3-4-6-32)11-22(38-24)16-9-21(37-2)18(28)10-17(16)27/h7-12,15H,4-6,13H2,1-3H3;9-14H,3-8H2,1-2H3. The van der Waals surface area contributed by atoms with Crippen molar-refractivity contribution in [2.45, 2.75) is 44.8 Å². The zero-order valence-electron chi connectivity index (χ0n) is 41.7. The van der Waals surface area contributed by atoms with Crippen molar-refractivity contribution in [1.82, 2.24) is 57.6 Å². The molecule has 1 atom stereocenters. The van der Waals surface area contributed by atoms with Crippen molar-refractivity contribution >= 4 is 88.1 Å². The van der Waals surface area contributed by atoms with Gasteiger partial charge in [0.25, 0.3) is 11.1 Å². The summed E-state index contributed by atoms with van der Waals surface area (Å²) in [6, 6.07) is 9.09. The van der Waals surface area contributed by atoms with Gasteiger partial charge in [0, 0.05) is 83.8 Å². The molecule has 0 N–H and O–H groups in total. The third-order valence-corrected chi connectivity index (χ3v) is 17.2. The van der Waals surface area contributed by atoms with Gasteiger partial charge in [-0.15, -0.1) is 22.7 Å². The third kappa shape index (κ3) is 8.88. The number of likely N-dealkylation sites (N-methyl/N-ethyl adjacent to an activating group) is 1. The number of hydrogen-bond donors (Lipinski definition) is 0. The van der Waals surface area contributed by atoms with Crippen LogP contribution in [0.25, 0.3) is 74.5 Å². The molecule has 10 aromatic rings. The number of benzene rings is 2. The first-order chi connectivity index (χ1) is 36.6. The van der Waals surface area contributed by atoms with Gasteiger partial charge in [0.05, 0.1) is 82.5 Å². The van der Waals surface area contributed by atoms with Gasteiger partial charge in [-0.05, 0) is 88.8 Å². The largest absolute Gasteiger partial charge is 0.494 e. The van der Waals surface area contributed by atoms with Crippen LogP contribution >= 0.6 is 45.9 Å². The van der Waals surface area contributed by atoms with Gasteiger partial charge in [0.15, 0.2) is 23.1 Å². The van der Waals surface area contributed by atoms with Crippen LogP contribution in [0.2, 0.25) is 10.0 Å². The number of pyridine rings is 2. The van der Waals surface area contributed by atoms with Gasteiger partial charge in [0.1, 0.15) is 9.40 Å². The molecule has 2 aliphatic heterocycles. The normalized spacial score (nSPS) is 15.2. The van der Waals surface area contributed by atoms with E-state index in [1.807, 2.05) is 7.05 Å². The van der Waals surface area contributed by atoms with Crippen molar-refractivity contribution in [3.63, 3.8) is 0 Å². The smallest absolute Gasteiger partial charge is 0.336 e. The summed E-state index contributed by atoms with van der Waals surface area (Å²) in [5.41, 5.74) is 2.23. The van der Waals surface area contributed by atoms with E-state index < -0.39 is 34.1 Å². The minimum Gasteiger partial charge on any atom is -0.494 e. The zero-order chi connectivity index (χ0) is 53.3. The van der Waals surface area contributed by atoms with Crippen LogP contribution in [0.3, 0.4) is 0 Å². The Bertz CT molecular complexity index is 4190. The predicted molar refractivity (Wildman–Crippen MR) is 293 cm³/mol. The van der Waals surface area contributed by atoms with E-state index in [1.165, 1.54) is 82.7 Å². The molecule has 76 heavy (non-hydrogen) atoms. The molecular formula is C52H48Cl2F2N12O6S2. The van der Waals surface area contributed by atoms with E-state index in [0.717, 1.165) is 56.1 Å². The summed E-state index contributed by atoms with van der Waals surface area (Å²) < 4.78 is 48.5. The number of hydrogen-bond acceptors (Lipinski definition) is 14. The van der Waals surface area contributed by atoms with Crippen LogP contribution in [-0.4, -0.2) is 111 Å². The molecule has 12 rings (SSSR count). The van der Waals surface area contributed by atoms with Crippen molar-refractivity contribution in [2.24, 2.45) is 14.1 Å². The molecule has 18 nitrogen and oxygen atoms in total. The van der Waals surface area contributed by atoms with Crippen LogP contribution < -0.4 is 32.0 Å². The number of nitrogens with zero attached hydrogens (tertiary/aromatic N) is 12. The van der Waals surface area contributed by atoms with E-state index in [-0.39, 0.29) is 27.6 Å². The minimum absolute atomic E-state index is 0.0400. The van der Waals surface area contributed by atoms with Gasteiger partial charge in [-0.1, -0.05) is 23.2 Å². The second kappa shape index (κ2) is 20.5. The molecule has 0 radical (unpaired) electrons.